The molecule has 0 saturated heterocycles. The van der Waals surface area contributed by atoms with Crippen LogP contribution in [0.5, 0.6) is 0 Å². The molecule has 1 aromatic carbocycles. The molecule has 18 heavy (non-hydrogen) atoms. The molecule has 4 unspecified atom stereocenters. The van der Waals surface area contributed by atoms with Crippen molar-refractivity contribution in [3.8, 4) is 0 Å². The van der Waals surface area contributed by atoms with Gasteiger partial charge in [0, 0.05) is 5.02 Å². The lowest BCUT2D eigenvalue weighted by Crippen LogP contribution is -2.20. The molecule has 2 aliphatic carbocycles. The van der Waals surface area contributed by atoms with Gasteiger partial charge in [-0.3, -0.25) is 0 Å². The molecule has 2 saturated carbocycles. The number of hydrogen-bond acceptors (Lipinski definition) is 1. The second kappa shape index (κ2) is 5.22. The molecule has 4 atom stereocenters. The largest absolute Gasteiger partial charge is 0.393 e. The van der Waals surface area contributed by atoms with Gasteiger partial charge in [-0.15, -0.1) is 0 Å². The fraction of sp³-hybridized carbons (Fsp3) is 0.625. The van der Waals surface area contributed by atoms with Gasteiger partial charge in [0.1, 0.15) is 0 Å². The van der Waals surface area contributed by atoms with E-state index in [9.17, 15) is 5.11 Å². The standard InChI is InChI=1S/C16H21ClO/c17-15-3-1-2-11(8-15)9-16(18)10-14-7-12-4-5-13(14)6-12/h1-3,8,12-14,16,18H,4-7,9-10H2. The van der Waals surface area contributed by atoms with Gasteiger partial charge in [-0.2, -0.15) is 0 Å². The molecule has 1 N–H and O–H groups in total. The molecule has 2 bridgehead atoms. The highest BCUT2D eigenvalue weighted by Crippen LogP contribution is 2.49. The quantitative estimate of drug-likeness (QED) is 0.869. The van der Waals surface area contributed by atoms with Crippen molar-refractivity contribution in [2.45, 2.75) is 44.6 Å². The predicted octanol–water partition coefficient (Wildman–Crippen LogP) is 4.07. The Bertz CT molecular complexity index is 417. The van der Waals surface area contributed by atoms with Crippen molar-refractivity contribution in [1.29, 1.82) is 0 Å². The molecule has 3 rings (SSSR count). The third kappa shape index (κ3) is 2.73. The highest BCUT2D eigenvalue weighted by atomic mass is 35.5. The maximum absolute atomic E-state index is 10.2. The SMILES string of the molecule is OC(Cc1cccc(Cl)c1)CC1CC2CCC1C2. The van der Waals surface area contributed by atoms with Crippen molar-refractivity contribution < 1.29 is 5.11 Å². The smallest absolute Gasteiger partial charge is 0.0583 e. The van der Waals surface area contributed by atoms with Crippen molar-refractivity contribution in [3.63, 3.8) is 0 Å². The second-order valence-electron chi connectivity index (χ2n) is 6.16. The number of halogens is 1. The Labute approximate surface area is 114 Å². The lowest BCUT2D eigenvalue weighted by Gasteiger charge is -2.24. The Morgan fingerprint density at radius 1 is 1.28 bits per heavy atom. The van der Waals surface area contributed by atoms with E-state index in [1.165, 1.54) is 25.7 Å². The summed E-state index contributed by atoms with van der Waals surface area (Å²) in [5.74, 6) is 2.65. The minimum Gasteiger partial charge on any atom is -0.393 e. The van der Waals surface area contributed by atoms with Crippen molar-refractivity contribution in [1.82, 2.24) is 0 Å². The van der Waals surface area contributed by atoms with Crippen molar-refractivity contribution in [3.05, 3.63) is 34.9 Å². The summed E-state index contributed by atoms with van der Waals surface area (Å²) in [5.41, 5.74) is 1.15. The van der Waals surface area contributed by atoms with Gasteiger partial charge in [0.2, 0.25) is 0 Å². The van der Waals surface area contributed by atoms with Crippen molar-refractivity contribution in [2.24, 2.45) is 17.8 Å². The third-order valence-electron chi connectivity index (χ3n) is 4.82. The van der Waals surface area contributed by atoms with Crippen LogP contribution in [0, 0.1) is 17.8 Å². The van der Waals surface area contributed by atoms with E-state index in [2.05, 4.69) is 6.07 Å². The molecule has 98 valence electrons. The van der Waals surface area contributed by atoms with E-state index in [0.717, 1.165) is 41.2 Å². The molecule has 2 fully saturated rings. The van der Waals surface area contributed by atoms with Gasteiger partial charge in [0.05, 0.1) is 6.10 Å². The van der Waals surface area contributed by atoms with Crippen LogP contribution in [0.15, 0.2) is 24.3 Å². The van der Waals surface area contributed by atoms with E-state index >= 15 is 0 Å². The van der Waals surface area contributed by atoms with E-state index in [0.29, 0.717) is 0 Å². The summed E-state index contributed by atoms with van der Waals surface area (Å²) < 4.78 is 0. The lowest BCUT2D eigenvalue weighted by atomic mass is 9.84. The number of aliphatic hydroxyl groups excluding tert-OH is 1. The first-order valence-electron chi connectivity index (χ1n) is 7.13. The highest BCUT2D eigenvalue weighted by molar-refractivity contribution is 6.30. The number of fused-ring (bicyclic) bond motifs is 2. The van der Waals surface area contributed by atoms with Crippen LogP contribution < -0.4 is 0 Å². The summed E-state index contributed by atoms with van der Waals surface area (Å²) in [6, 6.07) is 7.86. The first kappa shape index (κ1) is 12.5. The second-order valence-corrected chi connectivity index (χ2v) is 6.59. The molecular weight excluding hydrogens is 244 g/mol. The van der Waals surface area contributed by atoms with Crippen LogP contribution in [0.2, 0.25) is 5.02 Å². The van der Waals surface area contributed by atoms with Gasteiger partial charge in [-0.05, 0) is 67.6 Å². The Morgan fingerprint density at radius 3 is 2.83 bits per heavy atom. The van der Waals surface area contributed by atoms with Crippen LogP contribution in [-0.4, -0.2) is 11.2 Å². The monoisotopic (exact) mass is 264 g/mol. The van der Waals surface area contributed by atoms with Gasteiger partial charge < -0.3 is 5.11 Å². The Kier molecular flexibility index (Phi) is 3.63. The summed E-state index contributed by atoms with van der Waals surface area (Å²) in [7, 11) is 0. The van der Waals surface area contributed by atoms with Gasteiger partial charge in [0.15, 0.2) is 0 Å². The molecule has 0 aromatic heterocycles. The maximum Gasteiger partial charge on any atom is 0.0583 e. The molecular formula is C16H21ClO. The first-order chi connectivity index (χ1) is 8.70. The molecule has 0 heterocycles. The van der Waals surface area contributed by atoms with E-state index < -0.39 is 0 Å². The molecule has 0 amide bonds. The van der Waals surface area contributed by atoms with E-state index in [-0.39, 0.29) is 6.10 Å². The minimum atomic E-state index is -0.201. The molecule has 0 radical (unpaired) electrons. The Hall–Kier alpha value is -0.530. The zero-order chi connectivity index (χ0) is 12.5. The first-order valence-corrected chi connectivity index (χ1v) is 7.51. The normalized spacial score (nSPS) is 31.8. The molecule has 0 aliphatic heterocycles. The van der Waals surface area contributed by atoms with Gasteiger partial charge in [-0.25, -0.2) is 0 Å². The summed E-state index contributed by atoms with van der Waals surface area (Å²) in [5, 5.41) is 11.0. The average Bonchev–Trinajstić information content (AvgIpc) is 2.90. The summed E-state index contributed by atoms with van der Waals surface area (Å²) >= 11 is 5.97. The summed E-state index contributed by atoms with van der Waals surface area (Å²) in [6.07, 6.45) is 7.14. The van der Waals surface area contributed by atoms with E-state index in [1.54, 1.807) is 0 Å². The van der Waals surface area contributed by atoms with Crippen LogP contribution >= 0.6 is 11.6 Å². The van der Waals surface area contributed by atoms with Gasteiger partial charge >= 0.3 is 0 Å². The van der Waals surface area contributed by atoms with Crippen LogP contribution in [-0.2, 0) is 6.42 Å². The van der Waals surface area contributed by atoms with Crippen LogP contribution in [0.1, 0.15) is 37.7 Å². The zero-order valence-electron chi connectivity index (χ0n) is 10.7. The van der Waals surface area contributed by atoms with Gasteiger partial charge in [-0.1, -0.05) is 30.2 Å². The highest BCUT2D eigenvalue weighted by Gasteiger charge is 2.39. The maximum atomic E-state index is 10.2. The fourth-order valence-electron chi connectivity index (χ4n) is 4.03. The Morgan fingerprint density at radius 2 is 2.17 bits per heavy atom. The minimum absolute atomic E-state index is 0.201. The summed E-state index contributed by atoms with van der Waals surface area (Å²) in [4.78, 5) is 0. The molecule has 0 spiro atoms. The molecule has 1 aromatic rings. The number of benzene rings is 1. The zero-order valence-corrected chi connectivity index (χ0v) is 11.4. The molecule has 1 nitrogen and oxygen atoms in total. The summed E-state index contributed by atoms with van der Waals surface area (Å²) in [6.45, 7) is 0. The molecule has 2 heteroatoms. The van der Waals surface area contributed by atoms with Crippen LogP contribution in [0.25, 0.3) is 0 Å². The van der Waals surface area contributed by atoms with Crippen molar-refractivity contribution >= 4 is 11.6 Å². The lowest BCUT2D eigenvalue weighted by molar-refractivity contribution is 0.124. The number of aliphatic hydroxyl groups is 1. The van der Waals surface area contributed by atoms with Crippen LogP contribution in [0.3, 0.4) is 0 Å². The van der Waals surface area contributed by atoms with Crippen LogP contribution in [0.4, 0.5) is 0 Å². The molecule has 2 aliphatic rings. The number of rotatable bonds is 4. The third-order valence-corrected chi connectivity index (χ3v) is 5.05. The Balaban J connectivity index is 1.54. The van der Waals surface area contributed by atoms with E-state index in [4.69, 9.17) is 11.6 Å². The predicted molar refractivity (Wildman–Crippen MR) is 74.7 cm³/mol. The van der Waals surface area contributed by atoms with Gasteiger partial charge in [0.25, 0.3) is 0 Å². The fourth-order valence-corrected chi connectivity index (χ4v) is 4.25. The number of hydrogen-bond donors (Lipinski definition) is 1. The van der Waals surface area contributed by atoms with Crippen molar-refractivity contribution in [2.75, 3.05) is 0 Å². The van der Waals surface area contributed by atoms with E-state index in [1.807, 2.05) is 18.2 Å². The topological polar surface area (TPSA) is 20.2 Å². The average molecular weight is 265 g/mol.